The molecule has 0 aliphatic carbocycles. The number of nitrogens with zero attached hydrogens (tertiary/aromatic N) is 7. The van der Waals surface area contributed by atoms with Crippen molar-refractivity contribution in [3.8, 4) is 0 Å². The van der Waals surface area contributed by atoms with Crippen molar-refractivity contribution in [2.75, 3.05) is 24.5 Å². The molecule has 3 aliphatic rings. The largest absolute Gasteiger partial charge is 0.338 e. The van der Waals surface area contributed by atoms with Gasteiger partial charge in [-0.3, -0.25) is 9.20 Å². The number of hydrogen-bond donors (Lipinski definition) is 0. The van der Waals surface area contributed by atoms with Gasteiger partial charge < -0.3 is 9.80 Å². The maximum Gasteiger partial charge on any atom is 0.273 e. The van der Waals surface area contributed by atoms with Crippen LogP contribution in [0, 0.1) is 12.8 Å². The summed E-state index contributed by atoms with van der Waals surface area (Å²) in [5.41, 5.74) is 1.34. The number of aromatic nitrogens is 5. The molecule has 0 saturated carbocycles. The third kappa shape index (κ3) is 2.72. The molecular formula is C19H21N7O. The molecule has 0 aromatic carbocycles. The Labute approximate surface area is 156 Å². The highest BCUT2D eigenvalue weighted by Gasteiger charge is 2.39. The summed E-state index contributed by atoms with van der Waals surface area (Å²) in [6.07, 6.45) is 9.23. The minimum Gasteiger partial charge on any atom is -0.338 e. The van der Waals surface area contributed by atoms with Crippen molar-refractivity contribution in [2.24, 2.45) is 5.92 Å². The molecule has 3 saturated heterocycles. The number of carbonyl (C=O) groups is 1. The monoisotopic (exact) mass is 363 g/mol. The number of hydrogen-bond acceptors (Lipinski definition) is 6. The van der Waals surface area contributed by atoms with E-state index in [9.17, 15) is 4.79 Å². The zero-order valence-electron chi connectivity index (χ0n) is 15.2. The van der Waals surface area contributed by atoms with Crippen molar-refractivity contribution in [1.82, 2.24) is 29.2 Å². The average Bonchev–Trinajstić information content (AvgIpc) is 2.84. The van der Waals surface area contributed by atoms with Gasteiger partial charge >= 0.3 is 0 Å². The van der Waals surface area contributed by atoms with Crippen LogP contribution in [0.4, 0.5) is 5.95 Å². The Bertz CT molecular complexity index is 986. The fraction of sp³-hybridized carbons (Fsp3) is 0.421. The van der Waals surface area contributed by atoms with E-state index in [4.69, 9.17) is 0 Å². The van der Waals surface area contributed by atoms with Crippen LogP contribution in [0.3, 0.4) is 0 Å². The van der Waals surface area contributed by atoms with Crippen LogP contribution in [0.5, 0.6) is 0 Å². The van der Waals surface area contributed by atoms with Gasteiger partial charge in [0, 0.05) is 50.5 Å². The van der Waals surface area contributed by atoms with Gasteiger partial charge in [0.25, 0.3) is 5.91 Å². The fourth-order valence-corrected chi connectivity index (χ4v) is 4.34. The Morgan fingerprint density at radius 2 is 1.85 bits per heavy atom. The molecule has 6 rings (SSSR count). The third-order valence-corrected chi connectivity index (χ3v) is 5.59. The van der Waals surface area contributed by atoms with E-state index < -0.39 is 0 Å². The molecule has 3 aromatic heterocycles. The van der Waals surface area contributed by atoms with Crippen LogP contribution in [-0.4, -0.2) is 60.8 Å². The molecule has 3 aromatic rings. The van der Waals surface area contributed by atoms with Crippen molar-refractivity contribution >= 4 is 17.6 Å². The zero-order valence-corrected chi connectivity index (χ0v) is 15.2. The van der Waals surface area contributed by atoms with Gasteiger partial charge in [0.05, 0.1) is 5.69 Å². The van der Waals surface area contributed by atoms with Gasteiger partial charge in [0.1, 0.15) is 5.69 Å². The second-order valence-electron chi connectivity index (χ2n) is 7.34. The number of imidazole rings is 1. The Morgan fingerprint density at radius 3 is 2.70 bits per heavy atom. The molecule has 3 aliphatic heterocycles. The molecule has 2 atom stereocenters. The van der Waals surface area contributed by atoms with E-state index in [1.54, 1.807) is 23.0 Å². The molecule has 138 valence electrons. The number of piperidine rings is 1. The molecule has 1 amide bonds. The minimum atomic E-state index is 0.0403. The predicted molar refractivity (Wildman–Crippen MR) is 99.5 cm³/mol. The van der Waals surface area contributed by atoms with Gasteiger partial charge in [0.2, 0.25) is 11.7 Å². The molecule has 8 nitrogen and oxygen atoms in total. The Morgan fingerprint density at radius 1 is 1.04 bits per heavy atom. The molecule has 27 heavy (non-hydrogen) atoms. The van der Waals surface area contributed by atoms with E-state index in [0.717, 1.165) is 44.1 Å². The number of rotatable bonds is 2. The minimum absolute atomic E-state index is 0.0403. The summed E-state index contributed by atoms with van der Waals surface area (Å²) in [6, 6.07) is 3.81. The number of aryl methyl sites for hydroxylation is 1. The number of amides is 1. The van der Waals surface area contributed by atoms with E-state index in [1.807, 2.05) is 30.2 Å². The van der Waals surface area contributed by atoms with Crippen LogP contribution < -0.4 is 4.90 Å². The second-order valence-corrected chi connectivity index (χ2v) is 7.34. The normalized spacial score (nSPS) is 22.3. The van der Waals surface area contributed by atoms with Gasteiger partial charge in [-0.1, -0.05) is 0 Å². The van der Waals surface area contributed by atoms with Crippen LogP contribution in [0.1, 0.15) is 29.0 Å². The number of fused-ring (bicyclic) bond motifs is 5. The first-order chi connectivity index (χ1) is 13.2. The highest BCUT2D eigenvalue weighted by atomic mass is 16.2. The maximum atomic E-state index is 13.5. The van der Waals surface area contributed by atoms with E-state index in [-0.39, 0.29) is 11.9 Å². The van der Waals surface area contributed by atoms with Gasteiger partial charge in [-0.05, 0) is 37.8 Å². The standard InChI is InChI=1S/C19H21N7O/c1-13-16(25-9-3-8-22-19(25)23-13)17(27)26-11-14-4-5-15(26)12-24(10-14)18-20-6-2-7-21-18/h2-3,6-9,14-15H,4-5,10-12H2,1H3/t14-,15+/m0/s1. The molecule has 6 heterocycles. The molecule has 3 fully saturated rings. The highest BCUT2D eigenvalue weighted by Crippen LogP contribution is 2.31. The summed E-state index contributed by atoms with van der Waals surface area (Å²) in [4.78, 5) is 35.2. The van der Waals surface area contributed by atoms with Crippen molar-refractivity contribution in [3.05, 3.63) is 48.3 Å². The summed E-state index contributed by atoms with van der Waals surface area (Å²) in [6.45, 7) is 4.29. The summed E-state index contributed by atoms with van der Waals surface area (Å²) in [7, 11) is 0. The van der Waals surface area contributed by atoms with Crippen LogP contribution in [0.25, 0.3) is 5.78 Å². The van der Waals surface area contributed by atoms with E-state index in [2.05, 4.69) is 24.8 Å². The van der Waals surface area contributed by atoms with Gasteiger partial charge in [-0.25, -0.2) is 19.9 Å². The van der Waals surface area contributed by atoms with Gasteiger partial charge in [0.15, 0.2) is 0 Å². The van der Waals surface area contributed by atoms with Crippen LogP contribution >= 0.6 is 0 Å². The first-order valence-corrected chi connectivity index (χ1v) is 9.33. The van der Waals surface area contributed by atoms with E-state index >= 15 is 0 Å². The quantitative estimate of drug-likeness (QED) is 0.688. The lowest BCUT2D eigenvalue weighted by Crippen LogP contribution is -2.48. The lowest BCUT2D eigenvalue weighted by Gasteiger charge is -2.36. The summed E-state index contributed by atoms with van der Waals surface area (Å²) in [5.74, 6) is 1.78. The molecule has 8 heteroatoms. The SMILES string of the molecule is Cc1nc2ncccn2c1C(=O)N1C[C@H]2CC[C@@H]1CN(c1ncccn1)C2. The summed E-state index contributed by atoms with van der Waals surface area (Å²) < 4.78 is 1.80. The Balaban J connectivity index is 1.47. The maximum absolute atomic E-state index is 13.5. The van der Waals surface area contributed by atoms with E-state index in [0.29, 0.717) is 17.4 Å². The smallest absolute Gasteiger partial charge is 0.273 e. The predicted octanol–water partition coefficient (Wildman–Crippen LogP) is 1.57. The topological polar surface area (TPSA) is 79.5 Å². The molecular weight excluding hydrogens is 342 g/mol. The number of carbonyl (C=O) groups excluding carboxylic acids is 1. The Hall–Kier alpha value is -3.03. The fourth-order valence-electron chi connectivity index (χ4n) is 4.34. The lowest BCUT2D eigenvalue weighted by atomic mass is 9.94. The lowest BCUT2D eigenvalue weighted by molar-refractivity contribution is 0.0584. The number of anilines is 1. The van der Waals surface area contributed by atoms with Crippen molar-refractivity contribution in [2.45, 2.75) is 25.8 Å². The second kappa shape index (κ2) is 6.29. The van der Waals surface area contributed by atoms with Crippen molar-refractivity contribution in [1.29, 1.82) is 0 Å². The summed E-state index contributed by atoms with van der Waals surface area (Å²) >= 11 is 0. The average molecular weight is 363 g/mol. The highest BCUT2D eigenvalue weighted by molar-refractivity contribution is 5.95. The first-order valence-electron chi connectivity index (χ1n) is 9.33. The van der Waals surface area contributed by atoms with Gasteiger partial charge in [-0.15, -0.1) is 0 Å². The molecule has 0 radical (unpaired) electrons. The van der Waals surface area contributed by atoms with Gasteiger partial charge in [-0.2, -0.15) is 0 Å². The van der Waals surface area contributed by atoms with Crippen molar-refractivity contribution < 1.29 is 4.79 Å². The molecule has 0 unspecified atom stereocenters. The van der Waals surface area contributed by atoms with E-state index in [1.165, 1.54) is 0 Å². The molecule has 0 spiro atoms. The van der Waals surface area contributed by atoms with Crippen molar-refractivity contribution in [3.63, 3.8) is 0 Å². The van der Waals surface area contributed by atoms with Crippen LogP contribution in [0.2, 0.25) is 0 Å². The van der Waals surface area contributed by atoms with Crippen LogP contribution in [0.15, 0.2) is 36.9 Å². The third-order valence-electron chi connectivity index (χ3n) is 5.59. The molecule has 2 bridgehead atoms. The zero-order chi connectivity index (χ0) is 18.4. The first kappa shape index (κ1) is 16.2. The Kier molecular flexibility index (Phi) is 3.77. The summed E-state index contributed by atoms with van der Waals surface area (Å²) in [5, 5.41) is 0. The molecule has 0 N–H and O–H groups in total. The van der Waals surface area contributed by atoms with Crippen LogP contribution in [-0.2, 0) is 0 Å².